The van der Waals surface area contributed by atoms with Crippen LogP contribution in [0.5, 0.6) is 11.5 Å². The molecule has 2 N–H and O–H groups in total. The van der Waals surface area contributed by atoms with Gasteiger partial charge >= 0.3 is 0 Å². The molecule has 0 aliphatic heterocycles. The van der Waals surface area contributed by atoms with E-state index in [1.165, 1.54) is 0 Å². The Bertz CT molecular complexity index is 459. The maximum atomic E-state index is 11.7. The average Bonchev–Trinajstić information content (AvgIpc) is 2.46. The third-order valence-corrected chi connectivity index (χ3v) is 2.58. The number of nitrogens with one attached hydrogen (secondary N) is 1. The van der Waals surface area contributed by atoms with Crippen LogP contribution in [-0.4, -0.2) is 30.3 Å². The maximum Gasteiger partial charge on any atom is 0.261 e. The van der Waals surface area contributed by atoms with E-state index in [1.807, 2.05) is 6.92 Å². The zero-order valence-electron chi connectivity index (χ0n) is 11.9. The molecule has 1 aromatic carbocycles. The van der Waals surface area contributed by atoms with Gasteiger partial charge in [0, 0.05) is 6.54 Å². The lowest BCUT2D eigenvalue weighted by Crippen LogP contribution is -2.36. The summed E-state index contributed by atoms with van der Waals surface area (Å²) in [6.07, 6.45) is 0.959. The predicted molar refractivity (Wildman–Crippen MR) is 76.8 cm³/mol. The van der Waals surface area contributed by atoms with E-state index in [2.05, 4.69) is 11.9 Å². The normalized spacial score (nSPS) is 11.6. The number of carbonyl (C=O) groups is 1. The van der Waals surface area contributed by atoms with Crippen LogP contribution in [0, 0.1) is 0 Å². The molecule has 0 heterocycles. The van der Waals surface area contributed by atoms with Crippen LogP contribution < -0.4 is 14.8 Å². The lowest BCUT2D eigenvalue weighted by atomic mass is 10.2. The molecule has 1 rings (SSSR count). The fourth-order valence-electron chi connectivity index (χ4n) is 1.58. The van der Waals surface area contributed by atoms with Gasteiger partial charge in [0.25, 0.3) is 5.91 Å². The number of carbonyl (C=O) groups excluding carboxylic acids is 1. The second kappa shape index (κ2) is 8.22. The van der Waals surface area contributed by atoms with Gasteiger partial charge in [-0.15, -0.1) is 6.58 Å². The Balaban J connectivity index is 2.79. The first-order valence-corrected chi connectivity index (χ1v) is 6.54. The number of ether oxygens (including phenoxy) is 2. The summed E-state index contributed by atoms with van der Waals surface area (Å²) in [5.74, 6) is 0.770. The van der Waals surface area contributed by atoms with Gasteiger partial charge in [-0.1, -0.05) is 12.1 Å². The predicted octanol–water partition coefficient (Wildman–Crippen LogP) is 1.65. The van der Waals surface area contributed by atoms with Gasteiger partial charge in [0.15, 0.2) is 17.6 Å². The number of hydrogen-bond donors (Lipinski definition) is 2. The van der Waals surface area contributed by atoms with Crippen LogP contribution in [0.25, 0.3) is 0 Å². The van der Waals surface area contributed by atoms with Crippen LogP contribution in [0.4, 0.5) is 0 Å². The minimum absolute atomic E-state index is 0.0737. The number of benzene rings is 1. The number of aliphatic hydroxyl groups is 1. The minimum Gasteiger partial charge on any atom is -0.490 e. The van der Waals surface area contributed by atoms with Crippen molar-refractivity contribution in [3.8, 4) is 11.5 Å². The van der Waals surface area contributed by atoms with Gasteiger partial charge in [-0.3, -0.25) is 4.79 Å². The molecule has 1 aromatic rings. The zero-order valence-corrected chi connectivity index (χ0v) is 11.9. The minimum atomic E-state index is -0.644. The Kier molecular flexibility index (Phi) is 6.59. The SMILES string of the molecule is C=CCNC(=O)C(C)Oc1ccc(CO)cc1OCC. The van der Waals surface area contributed by atoms with E-state index in [4.69, 9.17) is 14.6 Å². The zero-order chi connectivity index (χ0) is 15.0. The van der Waals surface area contributed by atoms with Gasteiger partial charge in [-0.2, -0.15) is 0 Å². The van der Waals surface area contributed by atoms with Crippen molar-refractivity contribution in [2.45, 2.75) is 26.6 Å². The van der Waals surface area contributed by atoms with Gasteiger partial charge in [0.1, 0.15) is 0 Å². The first-order chi connectivity index (χ1) is 9.62. The first kappa shape index (κ1) is 16.0. The quantitative estimate of drug-likeness (QED) is 0.710. The van der Waals surface area contributed by atoms with Crippen LogP contribution in [0.15, 0.2) is 30.9 Å². The van der Waals surface area contributed by atoms with Crippen molar-refractivity contribution in [2.24, 2.45) is 0 Å². The molecule has 5 heteroatoms. The highest BCUT2D eigenvalue weighted by Gasteiger charge is 2.16. The topological polar surface area (TPSA) is 67.8 Å². The summed E-state index contributed by atoms with van der Waals surface area (Å²) in [5.41, 5.74) is 0.726. The second-order valence-electron chi connectivity index (χ2n) is 4.17. The molecule has 5 nitrogen and oxygen atoms in total. The standard InChI is InChI=1S/C15H21NO4/c1-4-8-16-15(18)11(3)20-13-7-6-12(10-17)9-14(13)19-5-2/h4,6-7,9,11,17H,1,5,8,10H2,2-3H3,(H,16,18). The molecule has 0 spiro atoms. The summed E-state index contributed by atoms with van der Waals surface area (Å²) in [5, 5.41) is 11.8. The third-order valence-electron chi connectivity index (χ3n) is 2.58. The molecule has 1 unspecified atom stereocenters. The van der Waals surface area contributed by atoms with E-state index in [-0.39, 0.29) is 12.5 Å². The Morgan fingerprint density at radius 2 is 2.25 bits per heavy atom. The van der Waals surface area contributed by atoms with Crippen molar-refractivity contribution in [3.05, 3.63) is 36.4 Å². The van der Waals surface area contributed by atoms with E-state index >= 15 is 0 Å². The highest BCUT2D eigenvalue weighted by molar-refractivity contribution is 5.80. The molecule has 0 aromatic heterocycles. The van der Waals surface area contributed by atoms with Crippen LogP contribution in [0.3, 0.4) is 0 Å². The van der Waals surface area contributed by atoms with E-state index in [9.17, 15) is 4.79 Å². The smallest absolute Gasteiger partial charge is 0.261 e. The van der Waals surface area contributed by atoms with Gasteiger partial charge < -0.3 is 19.9 Å². The molecule has 0 saturated heterocycles. The lowest BCUT2D eigenvalue weighted by Gasteiger charge is -2.17. The fraction of sp³-hybridized carbons (Fsp3) is 0.400. The summed E-state index contributed by atoms with van der Waals surface area (Å²) in [6, 6.07) is 5.12. The molecule has 0 bridgehead atoms. The van der Waals surface area contributed by atoms with E-state index in [1.54, 1.807) is 31.2 Å². The fourth-order valence-corrected chi connectivity index (χ4v) is 1.58. The molecule has 1 atom stereocenters. The van der Waals surface area contributed by atoms with Crippen molar-refractivity contribution in [1.29, 1.82) is 0 Å². The molecule has 20 heavy (non-hydrogen) atoms. The van der Waals surface area contributed by atoms with Crippen molar-refractivity contribution in [3.63, 3.8) is 0 Å². The summed E-state index contributed by atoms with van der Waals surface area (Å²) >= 11 is 0. The highest BCUT2D eigenvalue weighted by Crippen LogP contribution is 2.29. The molecular formula is C15H21NO4. The third kappa shape index (κ3) is 4.59. The van der Waals surface area contributed by atoms with Crippen LogP contribution in [-0.2, 0) is 11.4 Å². The highest BCUT2D eigenvalue weighted by atomic mass is 16.5. The average molecular weight is 279 g/mol. The Labute approximate surface area is 119 Å². The monoisotopic (exact) mass is 279 g/mol. The van der Waals surface area contributed by atoms with Crippen molar-refractivity contribution < 1.29 is 19.4 Å². The van der Waals surface area contributed by atoms with E-state index in [0.717, 1.165) is 5.56 Å². The molecule has 0 fully saturated rings. The number of hydrogen-bond acceptors (Lipinski definition) is 4. The molecule has 0 radical (unpaired) electrons. The molecule has 1 amide bonds. The summed E-state index contributed by atoms with van der Waals surface area (Å²) in [6.45, 7) is 7.85. The van der Waals surface area contributed by atoms with Gasteiger partial charge in [-0.25, -0.2) is 0 Å². The number of aliphatic hydroxyl groups excluding tert-OH is 1. The Hall–Kier alpha value is -2.01. The summed E-state index contributed by atoms with van der Waals surface area (Å²) in [7, 11) is 0. The van der Waals surface area contributed by atoms with Gasteiger partial charge in [-0.05, 0) is 31.5 Å². The van der Waals surface area contributed by atoms with E-state index in [0.29, 0.717) is 24.7 Å². The molecule has 0 aliphatic carbocycles. The largest absolute Gasteiger partial charge is 0.490 e. The Morgan fingerprint density at radius 3 is 2.85 bits per heavy atom. The van der Waals surface area contributed by atoms with Crippen LogP contribution in [0.1, 0.15) is 19.4 Å². The number of rotatable bonds is 8. The van der Waals surface area contributed by atoms with Crippen molar-refractivity contribution >= 4 is 5.91 Å². The van der Waals surface area contributed by atoms with Crippen LogP contribution >= 0.6 is 0 Å². The Morgan fingerprint density at radius 1 is 1.50 bits per heavy atom. The second-order valence-corrected chi connectivity index (χ2v) is 4.17. The molecule has 0 saturated carbocycles. The maximum absolute atomic E-state index is 11.7. The van der Waals surface area contributed by atoms with Crippen LogP contribution in [0.2, 0.25) is 0 Å². The molecule has 0 aliphatic rings. The van der Waals surface area contributed by atoms with Gasteiger partial charge in [0.2, 0.25) is 0 Å². The number of amides is 1. The lowest BCUT2D eigenvalue weighted by molar-refractivity contribution is -0.127. The molecule has 110 valence electrons. The molecular weight excluding hydrogens is 258 g/mol. The van der Waals surface area contributed by atoms with Crippen molar-refractivity contribution in [1.82, 2.24) is 5.32 Å². The van der Waals surface area contributed by atoms with Crippen molar-refractivity contribution in [2.75, 3.05) is 13.2 Å². The van der Waals surface area contributed by atoms with E-state index < -0.39 is 6.10 Å². The van der Waals surface area contributed by atoms with Gasteiger partial charge in [0.05, 0.1) is 13.2 Å². The summed E-state index contributed by atoms with van der Waals surface area (Å²) in [4.78, 5) is 11.7. The summed E-state index contributed by atoms with van der Waals surface area (Å²) < 4.78 is 11.1. The first-order valence-electron chi connectivity index (χ1n) is 6.54.